The molecule has 0 aliphatic rings. The number of rotatable bonds is 4. The molecule has 26 heavy (non-hydrogen) atoms. The van der Waals surface area contributed by atoms with E-state index in [0.29, 0.717) is 15.9 Å². The highest BCUT2D eigenvalue weighted by atomic mass is 32.1. The molecule has 0 radical (unpaired) electrons. The Bertz CT molecular complexity index is 936. The molecule has 0 bridgehead atoms. The fourth-order valence-corrected chi connectivity index (χ4v) is 2.77. The van der Waals surface area contributed by atoms with Crippen LogP contribution in [-0.4, -0.2) is 32.2 Å². The smallest absolute Gasteiger partial charge is 0.341 e. The van der Waals surface area contributed by atoms with Crippen LogP contribution in [0.2, 0.25) is 0 Å². The summed E-state index contributed by atoms with van der Waals surface area (Å²) in [5, 5.41) is 34.0. The van der Waals surface area contributed by atoms with Crippen molar-refractivity contribution in [3.8, 4) is 22.1 Å². The van der Waals surface area contributed by atoms with Gasteiger partial charge in [-0.2, -0.15) is 5.10 Å². The fourth-order valence-electron chi connectivity index (χ4n) is 2.02. The van der Waals surface area contributed by atoms with E-state index in [1.165, 1.54) is 11.3 Å². The van der Waals surface area contributed by atoms with E-state index in [2.05, 4.69) is 26.0 Å². The lowest BCUT2D eigenvalue weighted by Gasteiger charge is -2.03. The minimum atomic E-state index is -0.545. The number of amides is 2. The Morgan fingerprint density at radius 1 is 1.00 bits per heavy atom. The number of anilines is 1. The molecule has 0 unspecified atom stereocenters. The zero-order chi connectivity index (χ0) is 18.5. The maximum Gasteiger partial charge on any atom is 0.341 e. The number of nitrogens with zero attached hydrogens (tertiary/aromatic N) is 3. The molecule has 132 valence electrons. The average molecular weight is 369 g/mol. The number of hydrogen-bond donors (Lipinski definition) is 4. The molecule has 0 spiro atoms. The van der Waals surface area contributed by atoms with Gasteiger partial charge in [0.05, 0.1) is 5.71 Å². The van der Waals surface area contributed by atoms with Crippen LogP contribution in [-0.2, 0) is 0 Å². The van der Waals surface area contributed by atoms with Crippen molar-refractivity contribution < 1.29 is 15.0 Å². The Kier molecular flexibility index (Phi) is 5.09. The van der Waals surface area contributed by atoms with Gasteiger partial charge in [-0.25, -0.2) is 10.2 Å². The van der Waals surface area contributed by atoms with Crippen LogP contribution in [0.3, 0.4) is 0 Å². The normalized spacial score (nSPS) is 11.2. The number of aromatic hydroxyl groups is 2. The molecule has 1 heterocycles. The number of carbonyl (C=O) groups excluding carboxylic acids is 1. The van der Waals surface area contributed by atoms with Crippen LogP contribution in [0.25, 0.3) is 10.6 Å². The first-order chi connectivity index (χ1) is 12.5. The van der Waals surface area contributed by atoms with Crippen molar-refractivity contribution in [1.82, 2.24) is 15.6 Å². The summed E-state index contributed by atoms with van der Waals surface area (Å²) in [4.78, 5) is 11.9. The molecule has 9 heteroatoms. The van der Waals surface area contributed by atoms with Gasteiger partial charge in [0.2, 0.25) is 5.13 Å². The number of hydrazone groups is 1. The van der Waals surface area contributed by atoms with E-state index in [-0.39, 0.29) is 11.5 Å². The van der Waals surface area contributed by atoms with Crippen molar-refractivity contribution in [2.75, 3.05) is 5.32 Å². The third-order valence-electron chi connectivity index (χ3n) is 3.37. The second kappa shape index (κ2) is 7.62. The summed E-state index contributed by atoms with van der Waals surface area (Å²) in [6.45, 7) is 1.74. The van der Waals surface area contributed by atoms with Crippen molar-refractivity contribution in [3.63, 3.8) is 0 Å². The quantitative estimate of drug-likeness (QED) is 0.416. The van der Waals surface area contributed by atoms with Crippen LogP contribution >= 0.6 is 11.3 Å². The van der Waals surface area contributed by atoms with Crippen LogP contribution < -0.4 is 10.7 Å². The SMILES string of the molecule is C/C(=N\NC(=O)Nc1nnc(-c2ccc(O)cc2)s1)c1ccc(O)cc1. The fraction of sp³-hybridized carbons (Fsp3) is 0.0588. The Balaban J connectivity index is 1.60. The Labute approximate surface area is 152 Å². The first-order valence-electron chi connectivity index (χ1n) is 7.55. The van der Waals surface area contributed by atoms with Crippen LogP contribution in [0.15, 0.2) is 53.6 Å². The lowest BCUT2D eigenvalue weighted by atomic mass is 10.1. The standard InChI is InChI=1S/C17H15N5O3S/c1-10(11-2-6-13(23)7-3-11)19-21-16(25)18-17-22-20-15(26-17)12-4-8-14(24)9-5-12/h2-9,23-24H,1H3,(H2,18,21,22,25)/b19-10+. The van der Waals surface area contributed by atoms with Crippen molar-refractivity contribution in [1.29, 1.82) is 0 Å². The number of phenols is 2. The molecule has 1 aromatic heterocycles. The van der Waals surface area contributed by atoms with Crippen LogP contribution in [0.1, 0.15) is 12.5 Å². The highest BCUT2D eigenvalue weighted by molar-refractivity contribution is 7.18. The molecule has 0 atom stereocenters. The van der Waals surface area contributed by atoms with E-state index in [4.69, 9.17) is 0 Å². The maximum absolute atomic E-state index is 11.9. The maximum atomic E-state index is 11.9. The summed E-state index contributed by atoms with van der Waals surface area (Å²) in [7, 11) is 0. The molecule has 0 saturated heterocycles. The Hall–Kier alpha value is -3.46. The van der Waals surface area contributed by atoms with Gasteiger partial charge in [0.15, 0.2) is 0 Å². The number of carbonyl (C=O) groups is 1. The third-order valence-corrected chi connectivity index (χ3v) is 4.26. The van der Waals surface area contributed by atoms with Gasteiger partial charge >= 0.3 is 6.03 Å². The summed E-state index contributed by atoms with van der Waals surface area (Å²) in [6, 6.07) is 12.5. The lowest BCUT2D eigenvalue weighted by molar-refractivity contribution is 0.252. The molecular formula is C17H15N5O3S. The second-order valence-electron chi connectivity index (χ2n) is 5.27. The molecule has 3 aromatic rings. The molecule has 3 rings (SSSR count). The van der Waals surface area contributed by atoms with E-state index in [0.717, 1.165) is 11.1 Å². The van der Waals surface area contributed by atoms with Crippen LogP contribution in [0.5, 0.6) is 11.5 Å². The Morgan fingerprint density at radius 2 is 1.62 bits per heavy atom. The van der Waals surface area contributed by atoms with Gasteiger partial charge in [0, 0.05) is 5.56 Å². The van der Waals surface area contributed by atoms with E-state index in [9.17, 15) is 15.0 Å². The van der Waals surface area contributed by atoms with Crippen molar-refractivity contribution >= 4 is 28.2 Å². The first kappa shape index (κ1) is 17.4. The monoisotopic (exact) mass is 369 g/mol. The summed E-state index contributed by atoms with van der Waals surface area (Å²) in [6.07, 6.45) is 0. The van der Waals surface area contributed by atoms with E-state index >= 15 is 0 Å². The molecule has 4 N–H and O–H groups in total. The van der Waals surface area contributed by atoms with Crippen LogP contribution in [0.4, 0.5) is 9.93 Å². The zero-order valence-electron chi connectivity index (χ0n) is 13.7. The number of phenolic OH excluding ortho intramolecular Hbond substituents is 2. The lowest BCUT2D eigenvalue weighted by Crippen LogP contribution is -2.25. The number of aromatic nitrogens is 2. The largest absolute Gasteiger partial charge is 0.508 e. The Morgan fingerprint density at radius 3 is 2.27 bits per heavy atom. The summed E-state index contributed by atoms with van der Waals surface area (Å²) < 4.78 is 0. The van der Waals surface area contributed by atoms with E-state index < -0.39 is 6.03 Å². The number of hydrogen-bond acceptors (Lipinski definition) is 7. The molecule has 0 aliphatic carbocycles. The minimum Gasteiger partial charge on any atom is -0.508 e. The highest BCUT2D eigenvalue weighted by Gasteiger charge is 2.09. The van der Waals surface area contributed by atoms with Crippen molar-refractivity contribution in [3.05, 3.63) is 54.1 Å². The molecule has 0 aliphatic heterocycles. The van der Waals surface area contributed by atoms with Gasteiger partial charge in [-0.15, -0.1) is 10.2 Å². The van der Waals surface area contributed by atoms with Gasteiger partial charge in [0.1, 0.15) is 16.5 Å². The molecule has 0 saturated carbocycles. The predicted molar refractivity (Wildman–Crippen MR) is 99.5 cm³/mol. The van der Waals surface area contributed by atoms with Crippen molar-refractivity contribution in [2.45, 2.75) is 6.92 Å². The number of urea groups is 1. The molecular weight excluding hydrogens is 354 g/mol. The molecule has 2 amide bonds. The summed E-state index contributed by atoms with van der Waals surface area (Å²) >= 11 is 1.20. The van der Waals surface area contributed by atoms with Crippen molar-refractivity contribution in [2.24, 2.45) is 5.10 Å². The van der Waals surface area contributed by atoms with Gasteiger partial charge in [-0.1, -0.05) is 11.3 Å². The van der Waals surface area contributed by atoms with E-state index in [1.54, 1.807) is 55.5 Å². The van der Waals surface area contributed by atoms with Gasteiger partial charge < -0.3 is 10.2 Å². The average Bonchev–Trinajstić information content (AvgIpc) is 3.09. The second-order valence-corrected chi connectivity index (χ2v) is 6.25. The molecule has 8 nitrogen and oxygen atoms in total. The van der Waals surface area contributed by atoms with Crippen LogP contribution in [0, 0.1) is 0 Å². The number of benzene rings is 2. The number of nitrogens with one attached hydrogen (secondary N) is 2. The van der Waals surface area contributed by atoms with E-state index in [1.807, 2.05) is 0 Å². The van der Waals surface area contributed by atoms with Gasteiger partial charge in [-0.05, 0) is 61.0 Å². The molecule has 0 fully saturated rings. The third kappa shape index (κ3) is 4.33. The minimum absolute atomic E-state index is 0.160. The van der Waals surface area contributed by atoms with Gasteiger partial charge in [0.25, 0.3) is 0 Å². The predicted octanol–water partition coefficient (Wildman–Crippen LogP) is 3.16. The zero-order valence-corrected chi connectivity index (χ0v) is 14.5. The summed E-state index contributed by atoms with van der Waals surface area (Å²) in [5.74, 6) is 0.325. The summed E-state index contributed by atoms with van der Waals surface area (Å²) in [5.41, 5.74) is 4.53. The topological polar surface area (TPSA) is 120 Å². The first-order valence-corrected chi connectivity index (χ1v) is 8.36. The van der Waals surface area contributed by atoms with Gasteiger partial charge in [-0.3, -0.25) is 5.32 Å². The highest BCUT2D eigenvalue weighted by Crippen LogP contribution is 2.27. The molecule has 2 aromatic carbocycles.